The van der Waals surface area contributed by atoms with E-state index in [4.69, 9.17) is 0 Å². The highest BCUT2D eigenvalue weighted by Crippen LogP contribution is 2.25. The molecule has 2 rings (SSSR count). The summed E-state index contributed by atoms with van der Waals surface area (Å²) in [4.78, 5) is 7.08. The lowest BCUT2D eigenvalue weighted by Gasteiger charge is -2.38. The van der Waals surface area contributed by atoms with Gasteiger partial charge in [-0.15, -0.1) is 0 Å². The number of benzene rings is 1. The van der Waals surface area contributed by atoms with Gasteiger partial charge in [0.1, 0.15) is 0 Å². The lowest BCUT2D eigenvalue weighted by atomic mass is 9.84. The average molecular weight is 244 g/mol. The molecule has 1 aliphatic heterocycles. The van der Waals surface area contributed by atoms with Crippen molar-refractivity contribution in [3.63, 3.8) is 0 Å². The third-order valence-corrected chi connectivity index (χ3v) is 4.09. The van der Waals surface area contributed by atoms with E-state index >= 15 is 0 Å². The van der Waals surface area contributed by atoms with E-state index in [1.54, 1.807) is 0 Å². The molecule has 1 aromatic carbocycles. The third kappa shape index (κ3) is 3.42. The van der Waals surface area contributed by atoms with Crippen molar-refractivity contribution in [3.8, 4) is 0 Å². The molecule has 0 unspecified atom stereocenters. The first-order valence-corrected chi connectivity index (χ1v) is 6.91. The largest absolute Gasteiger partial charge is 0.303 e. The van der Waals surface area contributed by atoms with E-state index in [9.17, 15) is 0 Å². The molecular weight excluding hydrogens is 220 g/mol. The Hall–Kier alpha value is -1.15. The quantitative estimate of drug-likeness (QED) is 0.745. The molecule has 0 aliphatic carbocycles. The Morgan fingerprint density at radius 3 is 2.72 bits per heavy atom. The number of piperidine rings is 1. The Bertz CT molecular complexity index is 385. The zero-order chi connectivity index (χ0) is 13.0. The van der Waals surface area contributed by atoms with Gasteiger partial charge in [-0.25, -0.2) is 0 Å². The van der Waals surface area contributed by atoms with E-state index in [1.165, 1.54) is 18.5 Å². The second-order valence-corrected chi connectivity index (χ2v) is 5.64. The number of aliphatic imine (C=N–C) groups is 1. The summed E-state index contributed by atoms with van der Waals surface area (Å²) in [5.41, 5.74) is 1.29. The first kappa shape index (κ1) is 13.3. The van der Waals surface area contributed by atoms with Gasteiger partial charge in [-0.05, 0) is 37.8 Å². The third-order valence-electron chi connectivity index (χ3n) is 4.09. The summed E-state index contributed by atoms with van der Waals surface area (Å²) in [7, 11) is 2.22. The Morgan fingerprint density at radius 1 is 1.28 bits per heavy atom. The molecule has 0 spiro atoms. The van der Waals surface area contributed by atoms with Crippen LogP contribution in [0.15, 0.2) is 35.3 Å². The van der Waals surface area contributed by atoms with Crippen molar-refractivity contribution >= 4 is 6.21 Å². The number of nitrogens with zero attached hydrogens (tertiary/aromatic N) is 2. The predicted octanol–water partition coefficient (Wildman–Crippen LogP) is 3.23. The Balaban J connectivity index is 1.89. The minimum Gasteiger partial charge on any atom is -0.303 e. The molecule has 0 aromatic heterocycles. The fraction of sp³-hybridized carbons (Fsp3) is 0.562. The maximum absolute atomic E-state index is 4.63. The van der Waals surface area contributed by atoms with E-state index in [-0.39, 0.29) is 0 Å². The van der Waals surface area contributed by atoms with E-state index < -0.39 is 0 Å². The molecule has 0 saturated carbocycles. The Kier molecular flexibility index (Phi) is 4.54. The summed E-state index contributed by atoms with van der Waals surface area (Å²) in [6.45, 7) is 6.64. The van der Waals surface area contributed by atoms with Crippen LogP contribution in [0.25, 0.3) is 0 Å². The van der Waals surface area contributed by atoms with Gasteiger partial charge >= 0.3 is 0 Å². The van der Waals surface area contributed by atoms with Crippen LogP contribution < -0.4 is 0 Å². The van der Waals surface area contributed by atoms with Gasteiger partial charge in [0, 0.05) is 18.8 Å². The second-order valence-electron chi connectivity index (χ2n) is 5.64. The topological polar surface area (TPSA) is 15.6 Å². The van der Waals surface area contributed by atoms with Gasteiger partial charge in [0.25, 0.3) is 0 Å². The van der Waals surface area contributed by atoms with Gasteiger partial charge in [0.2, 0.25) is 0 Å². The second kappa shape index (κ2) is 6.14. The Labute approximate surface area is 111 Å². The fourth-order valence-corrected chi connectivity index (χ4v) is 2.66. The van der Waals surface area contributed by atoms with Crippen molar-refractivity contribution < 1.29 is 0 Å². The van der Waals surface area contributed by atoms with Crippen molar-refractivity contribution in [2.45, 2.75) is 32.9 Å². The monoisotopic (exact) mass is 244 g/mol. The zero-order valence-electron chi connectivity index (χ0n) is 11.7. The van der Waals surface area contributed by atoms with Crippen molar-refractivity contribution in [1.29, 1.82) is 0 Å². The maximum Gasteiger partial charge on any atom is 0.0635 e. The normalized spacial score (nSPS) is 29.8. The predicted molar refractivity (Wildman–Crippen MR) is 78.0 cm³/mol. The number of likely N-dealkylation sites (tertiary alicyclic amines) is 1. The molecule has 0 amide bonds. The summed E-state index contributed by atoms with van der Waals surface area (Å²) in [6, 6.07) is 11.1. The molecule has 0 N–H and O–H groups in total. The minimum atomic E-state index is 0.639. The molecule has 1 heterocycles. The van der Waals surface area contributed by atoms with E-state index in [2.05, 4.69) is 61.3 Å². The van der Waals surface area contributed by atoms with Gasteiger partial charge in [0.05, 0.1) is 6.54 Å². The minimum absolute atomic E-state index is 0.639. The molecule has 1 aliphatic rings. The molecule has 2 nitrogen and oxygen atoms in total. The molecule has 3 atom stereocenters. The van der Waals surface area contributed by atoms with Gasteiger partial charge in [-0.2, -0.15) is 0 Å². The molecule has 0 bridgehead atoms. The summed E-state index contributed by atoms with van der Waals surface area (Å²) in [5, 5.41) is 0. The molecule has 0 radical (unpaired) electrons. The summed E-state index contributed by atoms with van der Waals surface area (Å²) in [6.07, 6.45) is 3.43. The molecule has 2 heteroatoms. The van der Waals surface area contributed by atoms with Crippen LogP contribution in [0.3, 0.4) is 0 Å². The van der Waals surface area contributed by atoms with Crippen LogP contribution in [0.5, 0.6) is 0 Å². The fourth-order valence-electron chi connectivity index (χ4n) is 2.66. The molecule has 1 aromatic rings. The van der Waals surface area contributed by atoms with Crippen LogP contribution in [0.2, 0.25) is 0 Å². The van der Waals surface area contributed by atoms with Crippen molar-refractivity contribution in [2.24, 2.45) is 16.8 Å². The van der Waals surface area contributed by atoms with Crippen LogP contribution in [0.4, 0.5) is 0 Å². The van der Waals surface area contributed by atoms with Crippen LogP contribution in [0, 0.1) is 11.8 Å². The highest BCUT2D eigenvalue weighted by atomic mass is 15.1. The van der Waals surface area contributed by atoms with Crippen LogP contribution in [0.1, 0.15) is 25.8 Å². The summed E-state index contributed by atoms with van der Waals surface area (Å²) < 4.78 is 0. The first-order chi connectivity index (χ1) is 8.66. The molecular formula is C16H24N2. The maximum atomic E-state index is 4.63. The average Bonchev–Trinajstić information content (AvgIpc) is 2.37. The summed E-state index contributed by atoms with van der Waals surface area (Å²) in [5.74, 6) is 1.35. The lowest BCUT2D eigenvalue weighted by molar-refractivity contribution is 0.134. The van der Waals surface area contributed by atoms with Crippen LogP contribution >= 0.6 is 0 Å². The number of rotatable bonds is 3. The SMILES string of the molecule is C[C@@H]1C[C@H](C=NCc2ccccc2)[C@@H](C)CN1C. The summed E-state index contributed by atoms with van der Waals surface area (Å²) >= 11 is 0. The number of hydrogen-bond donors (Lipinski definition) is 0. The van der Waals surface area contributed by atoms with Gasteiger partial charge in [-0.3, -0.25) is 4.99 Å². The molecule has 18 heavy (non-hydrogen) atoms. The Morgan fingerprint density at radius 2 is 2.00 bits per heavy atom. The van der Waals surface area contributed by atoms with Crippen LogP contribution in [-0.4, -0.2) is 30.7 Å². The van der Waals surface area contributed by atoms with Crippen molar-refractivity contribution in [2.75, 3.05) is 13.6 Å². The molecule has 1 fully saturated rings. The highest BCUT2D eigenvalue weighted by Gasteiger charge is 2.27. The smallest absolute Gasteiger partial charge is 0.0635 e. The van der Waals surface area contributed by atoms with E-state index in [0.29, 0.717) is 17.9 Å². The van der Waals surface area contributed by atoms with Crippen molar-refractivity contribution in [1.82, 2.24) is 4.90 Å². The zero-order valence-corrected chi connectivity index (χ0v) is 11.7. The number of hydrogen-bond acceptors (Lipinski definition) is 2. The van der Waals surface area contributed by atoms with Gasteiger partial charge in [0.15, 0.2) is 0 Å². The highest BCUT2D eigenvalue weighted by molar-refractivity contribution is 5.61. The van der Waals surface area contributed by atoms with E-state index in [1.807, 2.05) is 6.07 Å². The molecule has 1 saturated heterocycles. The molecule has 98 valence electrons. The van der Waals surface area contributed by atoms with Crippen LogP contribution in [-0.2, 0) is 6.54 Å². The van der Waals surface area contributed by atoms with Gasteiger partial charge in [-0.1, -0.05) is 37.3 Å². The lowest BCUT2D eigenvalue weighted by Crippen LogP contribution is -2.43. The van der Waals surface area contributed by atoms with Gasteiger partial charge < -0.3 is 4.90 Å². The van der Waals surface area contributed by atoms with E-state index in [0.717, 1.165) is 6.54 Å². The standard InChI is InChI=1S/C16H24N2/c1-13-12-18(3)14(2)9-16(13)11-17-10-15-7-5-4-6-8-15/h4-8,11,13-14,16H,9-10,12H2,1-3H3/t13-,14+,16+/m0/s1. The first-order valence-electron chi connectivity index (χ1n) is 6.91. The van der Waals surface area contributed by atoms with Crippen molar-refractivity contribution in [3.05, 3.63) is 35.9 Å².